The molecule has 0 heterocycles. The standard InChI is InChI=1S/C18H38/c1-6-10-11-12-15-17(9-4)18(14-8-3)16(5)13-7-2/h16-18H,6-15H2,1-5H3. The minimum absolute atomic E-state index is 0.936. The highest BCUT2D eigenvalue weighted by Gasteiger charge is 2.23. The Morgan fingerprint density at radius 1 is 0.667 bits per heavy atom. The first-order valence-corrected chi connectivity index (χ1v) is 8.71. The van der Waals surface area contributed by atoms with Gasteiger partial charge in [-0.2, -0.15) is 0 Å². The first-order chi connectivity index (χ1) is 8.71. The maximum atomic E-state index is 2.50. The van der Waals surface area contributed by atoms with Gasteiger partial charge in [-0.3, -0.25) is 0 Å². The molecule has 3 atom stereocenters. The molecule has 0 heteroatoms. The van der Waals surface area contributed by atoms with E-state index in [0.29, 0.717) is 0 Å². The predicted octanol–water partition coefficient (Wildman–Crippen LogP) is 6.84. The van der Waals surface area contributed by atoms with E-state index in [1.165, 1.54) is 64.2 Å². The van der Waals surface area contributed by atoms with Crippen LogP contribution in [0.4, 0.5) is 0 Å². The van der Waals surface area contributed by atoms with Gasteiger partial charge in [0.15, 0.2) is 0 Å². The smallest absolute Gasteiger partial charge is 0.0360 e. The van der Waals surface area contributed by atoms with Gasteiger partial charge in [0, 0.05) is 0 Å². The van der Waals surface area contributed by atoms with Gasteiger partial charge in [-0.15, -0.1) is 0 Å². The van der Waals surface area contributed by atoms with Gasteiger partial charge < -0.3 is 0 Å². The number of hydrogen-bond donors (Lipinski definition) is 0. The Balaban J connectivity index is 4.22. The fourth-order valence-electron chi connectivity index (χ4n) is 3.54. The molecule has 110 valence electrons. The molecule has 0 radical (unpaired) electrons. The van der Waals surface area contributed by atoms with E-state index in [9.17, 15) is 0 Å². The third-order valence-electron chi connectivity index (χ3n) is 4.66. The van der Waals surface area contributed by atoms with E-state index in [1.54, 1.807) is 0 Å². The predicted molar refractivity (Wildman–Crippen MR) is 85.0 cm³/mol. The van der Waals surface area contributed by atoms with Crippen molar-refractivity contribution in [1.82, 2.24) is 0 Å². The molecule has 0 N–H and O–H groups in total. The van der Waals surface area contributed by atoms with Crippen LogP contribution in [0, 0.1) is 17.8 Å². The molecule has 0 aliphatic carbocycles. The van der Waals surface area contributed by atoms with Crippen LogP contribution in [0.25, 0.3) is 0 Å². The average molecular weight is 255 g/mol. The molecule has 0 aliphatic heterocycles. The van der Waals surface area contributed by atoms with Crippen LogP contribution in [-0.2, 0) is 0 Å². The molecular formula is C18H38. The van der Waals surface area contributed by atoms with E-state index < -0.39 is 0 Å². The van der Waals surface area contributed by atoms with Gasteiger partial charge >= 0.3 is 0 Å². The van der Waals surface area contributed by atoms with Crippen molar-refractivity contribution in [2.45, 2.75) is 98.8 Å². The molecule has 0 aliphatic rings. The lowest BCUT2D eigenvalue weighted by Gasteiger charge is -2.31. The molecule has 0 nitrogen and oxygen atoms in total. The summed E-state index contributed by atoms with van der Waals surface area (Å²) in [6.07, 6.45) is 14.2. The Labute approximate surface area is 117 Å². The second kappa shape index (κ2) is 12.1. The SMILES string of the molecule is CCCCCCC(CC)C(CCC)C(C)CCC. The number of unbranched alkanes of at least 4 members (excludes halogenated alkanes) is 3. The van der Waals surface area contributed by atoms with Crippen LogP contribution < -0.4 is 0 Å². The monoisotopic (exact) mass is 254 g/mol. The van der Waals surface area contributed by atoms with Crippen LogP contribution in [0.5, 0.6) is 0 Å². The number of hydrogen-bond acceptors (Lipinski definition) is 0. The normalized spacial score (nSPS) is 16.5. The van der Waals surface area contributed by atoms with E-state index in [4.69, 9.17) is 0 Å². The summed E-state index contributed by atoms with van der Waals surface area (Å²) in [7, 11) is 0. The van der Waals surface area contributed by atoms with E-state index in [0.717, 1.165) is 17.8 Å². The van der Waals surface area contributed by atoms with Crippen molar-refractivity contribution in [3.05, 3.63) is 0 Å². The molecule has 0 bridgehead atoms. The molecule has 0 saturated carbocycles. The van der Waals surface area contributed by atoms with Crippen LogP contribution in [0.3, 0.4) is 0 Å². The Bertz CT molecular complexity index is 161. The fraction of sp³-hybridized carbons (Fsp3) is 1.00. The molecule has 0 rings (SSSR count). The minimum Gasteiger partial charge on any atom is -0.0654 e. The zero-order chi connectivity index (χ0) is 13.8. The maximum absolute atomic E-state index is 2.50. The summed E-state index contributed by atoms with van der Waals surface area (Å²) in [5, 5.41) is 0. The number of rotatable bonds is 12. The second-order valence-electron chi connectivity index (χ2n) is 6.24. The molecule has 3 unspecified atom stereocenters. The van der Waals surface area contributed by atoms with Gasteiger partial charge in [0.25, 0.3) is 0 Å². The van der Waals surface area contributed by atoms with E-state index in [1.807, 2.05) is 0 Å². The lowest BCUT2D eigenvalue weighted by atomic mass is 9.74. The Hall–Kier alpha value is 0. The van der Waals surface area contributed by atoms with E-state index in [2.05, 4.69) is 34.6 Å². The van der Waals surface area contributed by atoms with Crippen LogP contribution in [-0.4, -0.2) is 0 Å². The van der Waals surface area contributed by atoms with Crippen molar-refractivity contribution < 1.29 is 0 Å². The largest absolute Gasteiger partial charge is 0.0654 e. The summed E-state index contributed by atoms with van der Waals surface area (Å²) in [6.45, 7) is 11.9. The van der Waals surface area contributed by atoms with E-state index in [-0.39, 0.29) is 0 Å². The first kappa shape index (κ1) is 18.0. The molecule has 0 aromatic carbocycles. The van der Waals surface area contributed by atoms with Crippen molar-refractivity contribution >= 4 is 0 Å². The Morgan fingerprint density at radius 3 is 1.83 bits per heavy atom. The summed E-state index contributed by atoms with van der Waals surface area (Å²) < 4.78 is 0. The van der Waals surface area contributed by atoms with Gasteiger partial charge in [-0.25, -0.2) is 0 Å². The molecule has 0 spiro atoms. The summed E-state index contributed by atoms with van der Waals surface area (Å²) in [4.78, 5) is 0. The van der Waals surface area contributed by atoms with Gasteiger partial charge in [0.05, 0.1) is 0 Å². The quantitative estimate of drug-likeness (QED) is 0.335. The van der Waals surface area contributed by atoms with Crippen LogP contribution in [0.1, 0.15) is 98.8 Å². The van der Waals surface area contributed by atoms with Crippen LogP contribution in [0.2, 0.25) is 0 Å². The average Bonchev–Trinajstić information content (AvgIpc) is 2.37. The summed E-state index contributed by atoms with van der Waals surface area (Å²) in [6, 6.07) is 0. The van der Waals surface area contributed by atoms with Crippen molar-refractivity contribution in [2.24, 2.45) is 17.8 Å². The molecule has 0 aromatic heterocycles. The van der Waals surface area contributed by atoms with Gasteiger partial charge in [-0.1, -0.05) is 98.8 Å². The van der Waals surface area contributed by atoms with Crippen molar-refractivity contribution in [1.29, 1.82) is 0 Å². The van der Waals surface area contributed by atoms with Crippen molar-refractivity contribution in [3.63, 3.8) is 0 Å². The molecule has 0 aromatic rings. The third kappa shape index (κ3) is 7.44. The molecule has 0 fully saturated rings. The Kier molecular flexibility index (Phi) is 12.1. The molecular weight excluding hydrogens is 216 g/mol. The fourth-order valence-corrected chi connectivity index (χ4v) is 3.54. The maximum Gasteiger partial charge on any atom is -0.0360 e. The summed E-state index contributed by atoms with van der Waals surface area (Å²) in [5.41, 5.74) is 0. The van der Waals surface area contributed by atoms with Gasteiger partial charge in [0.1, 0.15) is 0 Å². The highest BCUT2D eigenvalue weighted by Crippen LogP contribution is 2.34. The van der Waals surface area contributed by atoms with E-state index >= 15 is 0 Å². The zero-order valence-electron chi connectivity index (χ0n) is 13.8. The molecule has 0 amide bonds. The van der Waals surface area contributed by atoms with Crippen LogP contribution >= 0.6 is 0 Å². The minimum atomic E-state index is 0.936. The summed E-state index contributed by atoms with van der Waals surface area (Å²) in [5.74, 6) is 2.91. The Morgan fingerprint density at radius 2 is 1.33 bits per heavy atom. The topological polar surface area (TPSA) is 0 Å². The lowest BCUT2D eigenvalue weighted by molar-refractivity contribution is 0.192. The summed E-state index contributed by atoms with van der Waals surface area (Å²) >= 11 is 0. The molecule has 0 saturated heterocycles. The van der Waals surface area contributed by atoms with Gasteiger partial charge in [-0.05, 0) is 17.8 Å². The van der Waals surface area contributed by atoms with Gasteiger partial charge in [0.2, 0.25) is 0 Å². The third-order valence-corrected chi connectivity index (χ3v) is 4.66. The highest BCUT2D eigenvalue weighted by molar-refractivity contribution is 4.74. The molecule has 18 heavy (non-hydrogen) atoms. The zero-order valence-corrected chi connectivity index (χ0v) is 13.8. The first-order valence-electron chi connectivity index (χ1n) is 8.71. The highest BCUT2D eigenvalue weighted by atomic mass is 14.3. The van der Waals surface area contributed by atoms with Crippen LogP contribution in [0.15, 0.2) is 0 Å². The lowest BCUT2D eigenvalue weighted by Crippen LogP contribution is -2.21. The van der Waals surface area contributed by atoms with Crippen molar-refractivity contribution in [3.8, 4) is 0 Å². The second-order valence-corrected chi connectivity index (χ2v) is 6.24. The van der Waals surface area contributed by atoms with Crippen molar-refractivity contribution in [2.75, 3.05) is 0 Å².